The fourth-order valence-electron chi connectivity index (χ4n) is 3.00. The molecule has 0 amide bonds. The van der Waals surface area contributed by atoms with E-state index >= 15 is 0 Å². The van der Waals surface area contributed by atoms with Crippen molar-refractivity contribution < 1.29 is 9.63 Å². The molecule has 2 aromatic carbocycles. The zero-order valence-corrected chi connectivity index (χ0v) is 14.2. The second-order valence-corrected chi connectivity index (χ2v) is 5.72. The molecule has 0 aliphatic heterocycles. The van der Waals surface area contributed by atoms with E-state index in [9.17, 15) is 4.79 Å². The second-order valence-electron chi connectivity index (χ2n) is 5.72. The molecule has 0 unspecified atom stereocenters. The minimum Gasteiger partial charge on any atom is -0.341 e. The Kier molecular flexibility index (Phi) is 4.21. The maximum Gasteiger partial charge on any atom is 0.331 e. The quantitative estimate of drug-likeness (QED) is 0.396. The Morgan fingerprint density at radius 3 is 2.46 bits per heavy atom. The lowest BCUT2D eigenvalue weighted by molar-refractivity contribution is -0.140. The van der Waals surface area contributed by atoms with Crippen LogP contribution in [0.2, 0.25) is 0 Å². The van der Waals surface area contributed by atoms with Gasteiger partial charge in [0.15, 0.2) is 0 Å². The Hall–Kier alpha value is -2.88. The van der Waals surface area contributed by atoms with Gasteiger partial charge in [-0.15, -0.1) is 0 Å². The first-order chi connectivity index (χ1) is 11.5. The lowest BCUT2D eigenvalue weighted by atomic mass is 10.1. The molecule has 0 spiro atoms. The molecule has 1 aromatic heterocycles. The number of rotatable bonds is 4. The average Bonchev–Trinajstić information content (AvgIpc) is 2.91. The monoisotopic (exact) mass is 320 g/mol. The van der Waals surface area contributed by atoms with Crippen molar-refractivity contribution in [1.29, 1.82) is 0 Å². The Labute approximate surface area is 141 Å². The molecule has 3 rings (SSSR count). The number of aryl methyl sites for hydroxylation is 1. The first kappa shape index (κ1) is 16.0. The van der Waals surface area contributed by atoms with Crippen LogP contribution >= 0.6 is 0 Å². The number of nitrogens with zero attached hydrogens (tertiary/aromatic N) is 2. The molecule has 0 aliphatic rings. The second kappa shape index (κ2) is 6.32. The van der Waals surface area contributed by atoms with Crippen molar-refractivity contribution in [3.8, 4) is 0 Å². The molecular weight excluding hydrogens is 300 g/mol. The van der Waals surface area contributed by atoms with E-state index in [-0.39, 0.29) is 0 Å². The number of fused-ring (bicyclic) bond motifs is 3. The number of carbonyl (C=O) groups excluding carboxylic acids is 1. The van der Waals surface area contributed by atoms with Crippen LogP contribution in [-0.2, 0) is 16.2 Å². The van der Waals surface area contributed by atoms with E-state index in [2.05, 4.69) is 53.6 Å². The molecule has 4 heteroatoms. The van der Waals surface area contributed by atoms with Gasteiger partial charge in [-0.1, -0.05) is 29.9 Å². The van der Waals surface area contributed by atoms with E-state index in [0.29, 0.717) is 5.71 Å². The third kappa shape index (κ3) is 2.71. The molecule has 4 nitrogen and oxygen atoms in total. The summed E-state index contributed by atoms with van der Waals surface area (Å²) in [5, 5.41) is 6.23. The zero-order valence-electron chi connectivity index (χ0n) is 14.2. The number of aromatic nitrogens is 1. The molecule has 3 aromatic rings. The predicted molar refractivity (Wildman–Crippen MR) is 99.2 cm³/mol. The number of carbonyl (C=O) groups is 1. The molecule has 122 valence electrons. The third-order valence-electron chi connectivity index (χ3n) is 4.17. The molecule has 1 heterocycles. The number of hydrogen-bond donors (Lipinski definition) is 0. The summed E-state index contributed by atoms with van der Waals surface area (Å²) in [6.07, 6.45) is 1.85. The zero-order chi connectivity index (χ0) is 17.3. The highest BCUT2D eigenvalue weighted by atomic mass is 16.7. The summed E-state index contributed by atoms with van der Waals surface area (Å²) in [6.45, 7) is 10.1. The molecule has 0 saturated heterocycles. The maximum absolute atomic E-state index is 10.9. The van der Waals surface area contributed by atoms with Crippen molar-refractivity contribution in [3.63, 3.8) is 0 Å². The predicted octanol–water partition coefficient (Wildman–Crippen LogP) is 4.74. The van der Waals surface area contributed by atoms with Crippen LogP contribution in [0.15, 0.2) is 48.1 Å². The molecule has 0 N–H and O–H groups in total. The Balaban J connectivity index is 2.24. The van der Waals surface area contributed by atoms with Crippen LogP contribution in [0.5, 0.6) is 0 Å². The summed E-state index contributed by atoms with van der Waals surface area (Å²) in [4.78, 5) is 15.7. The highest BCUT2D eigenvalue weighted by molar-refractivity contribution is 6.11. The van der Waals surface area contributed by atoms with Crippen molar-refractivity contribution >= 4 is 39.6 Å². The van der Waals surface area contributed by atoms with Gasteiger partial charge in [-0.05, 0) is 49.2 Å². The van der Waals surface area contributed by atoms with Crippen LogP contribution in [0.1, 0.15) is 31.9 Å². The van der Waals surface area contributed by atoms with Crippen LogP contribution in [0.3, 0.4) is 0 Å². The van der Waals surface area contributed by atoms with E-state index in [1.165, 1.54) is 23.3 Å². The highest BCUT2D eigenvalue weighted by Crippen LogP contribution is 2.31. The van der Waals surface area contributed by atoms with Crippen molar-refractivity contribution in [1.82, 2.24) is 4.57 Å². The summed E-state index contributed by atoms with van der Waals surface area (Å²) >= 11 is 0. The standard InChI is InChI=1S/C20H20N2O2/c1-5-15-7-9-19-17(11-15)18-12-16(13(3)21-24-14(4)23)8-10-20(18)22(19)6-2/h5,7-12H,1,6H2,2-4H3. The largest absolute Gasteiger partial charge is 0.341 e. The first-order valence-electron chi connectivity index (χ1n) is 7.96. The Morgan fingerprint density at radius 1 is 1.17 bits per heavy atom. The van der Waals surface area contributed by atoms with Crippen LogP contribution < -0.4 is 0 Å². The minimum atomic E-state index is -0.423. The van der Waals surface area contributed by atoms with Crippen molar-refractivity contribution in [2.24, 2.45) is 5.16 Å². The van der Waals surface area contributed by atoms with Gasteiger partial charge in [0.1, 0.15) is 0 Å². The fourth-order valence-corrected chi connectivity index (χ4v) is 3.00. The highest BCUT2D eigenvalue weighted by Gasteiger charge is 2.11. The average molecular weight is 320 g/mol. The summed E-state index contributed by atoms with van der Waals surface area (Å²) in [7, 11) is 0. The van der Waals surface area contributed by atoms with Gasteiger partial charge in [-0.3, -0.25) is 0 Å². The lowest BCUT2D eigenvalue weighted by Gasteiger charge is -2.04. The summed E-state index contributed by atoms with van der Waals surface area (Å²) < 4.78 is 2.29. The number of oxime groups is 1. The van der Waals surface area contributed by atoms with Crippen LogP contribution in [-0.4, -0.2) is 16.2 Å². The Morgan fingerprint density at radius 2 is 1.83 bits per heavy atom. The van der Waals surface area contributed by atoms with Gasteiger partial charge in [0.25, 0.3) is 0 Å². The lowest BCUT2D eigenvalue weighted by Crippen LogP contribution is -1.99. The van der Waals surface area contributed by atoms with E-state index in [1.54, 1.807) is 0 Å². The van der Waals surface area contributed by atoms with E-state index < -0.39 is 5.97 Å². The topological polar surface area (TPSA) is 43.6 Å². The van der Waals surface area contributed by atoms with E-state index in [0.717, 1.165) is 23.1 Å². The van der Waals surface area contributed by atoms with E-state index in [1.807, 2.05) is 19.1 Å². The summed E-state index contributed by atoms with van der Waals surface area (Å²) in [6, 6.07) is 12.6. The Bertz CT molecular complexity index is 980. The number of hydrogen-bond acceptors (Lipinski definition) is 3. The van der Waals surface area contributed by atoms with Gasteiger partial charge >= 0.3 is 5.97 Å². The third-order valence-corrected chi connectivity index (χ3v) is 4.17. The van der Waals surface area contributed by atoms with Crippen LogP contribution in [0.4, 0.5) is 0 Å². The van der Waals surface area contributed by atoms with Gasteiger partial charge in [-0.25, -0.2) is 4.79 Å². The van der Waals surface area contributed by atoms with Crippen molar-refractivity contribution in [2.45, 2.75) is 27.3 Å². The molecular formula is C20H20N2O2. The van der Waals surface area contributed by atoms with Crippen LogP contribution in [0.25, 0.3) is 27.9 Å². The van der Waals surface area contributed by atoms with Gasteiger partial charge in [0.05, 0.1) is 5.71 Å². The van der Waals surface area contributed by atoms with Crippen LogP contribution in [0, 0.1) is 0 Å². The number of benzene rings is 2. The van der Waals surface area contributed by atoms with Crippen molar-refractivity contribution in [3.05, 3.63) is 54.1 Å². The molecule has 0 saturated carbocycles. The first-order valence-corrected chi connectivity index (χ1v) is 7.96. The summed E-state index contributed by atoms with van der Waals surface area (Å²) in [5.41, 5.74) is 5.07. The molecule has 0 bridgehead atoms. The van der Waals surface area contributed by atoms with Crippen molar-refractivity contribution in [2.75, 3.05) is 0 Å². The van der Waals surface area contributed by atoms with Gasteiger partial charge in [0, 0.05) is 35.3 Å². The minimum absolute atomic E-state index is 0.423. The normalized spacial score (nSPS) is 11.9. The van der Waals surface area contributed by atoms with Gasteiger partial charge in [-0.2, -0.15) is 0 Å². The van der Waals surface area contributed by atoms with Gasteiger partial charge < -0.3 is 9.40 Å². The molecule has 24 heavy (non-hydrogen) atoms. The fraction of sp³-hybridized carbons (Fsp3) is 0.200. The molecule has 0 aliphatic carbocycles. The van der Waals surface area contributed by atoms with E-state index in [4.69, 9.17) is 4.84 Å². The SMILES string of the molecule is C=Cc1ccc2c(c1)c1cc(C(C)=NOC(C)=O)ccc1n2CC. The smallest absolute Gasteiger partial charge is 0.331 e. The maximum atomic E-state index is 10.9. The molecule has 0 atom stereocenters. The molecule has 0 radical (unpaired) electrons. The van der Waals surface area contributed by atoms with Gasteiger partial charge in [0.2, 0.25) is 0 Å². The molecule has 0 fully saturated rings. The summed E-state index contributed by atoms with van der Waals surface area (Å²) in [5.74, 6) is -0.423.